The number of halogens is 3. The van der Waals surface area contributed by atoms with Crippen molar-refractivity contribution in [1.82, 2.24) is 20.4 Å². The molecule has 2 saturated carbocycles. The van der Waals surface area contributed by atoms with Crippen molar-refractivity contribution in [2.45, 2.75) is 94.5 Å². The number of hydrogen-bond donors (Lipinski definition) is 3. The van der Waals surface area contributed by atoms with Crippen molar-refractivity contribution in [1.29, 1.82) is 0 Å². The van der Waals surface area contributed by atoms with Crippen LogP contribution >= 0.6 is 0 Å². The van der Waals surface area contributed by atoms with Gasteiger partial charge in [0.2, 0.25) is 11.7 Å². The Morgan fingerprint density at radius 3 is 2.25 bits per heavy atom. The Kier molecular flexibility index (Phi) is 7.43. The van der Waals surface area contributed by atoms with Crippen LogP contribution in [0, 0.1) is 0 Å². The van der Waals surface area contributed by atoms with Crippen LogP contribution in [-0.4, -0.2) is 62.2 Å². The van der Waals surface area contributed by atoms with Crippen molar-refractivity contribution in [3.05, 3.63) is 12.3 Å². The second-order valence-electron chi connectivity index (χ2n) is 10.7. The topological polar surface area (TPSA) is 131 Å². The summed E-state index contributed by atoms with van der Waals surface area (Å²) in [5.74, 6) is -6.86. The van der Waals surface area contributed by atoms with E-state index in [1.165, 1.54) is 16.9 Å². The molecule has 2 aliphatic carbocycles. The first-order chi connectivity index (χ1) is 16.5. The molecule has 0 aliphatic heterocycles. The fraction of sp³-hybridized carbons (Fsp3) is 0.696. The Morgan fingerprint density at radius 1 is 1.14 bits per heavy atom. The zero-order chi connectivity index (χ0) is 26.9. The highest BCUT2D eigenvalue weighted by Crippen LogP contribution is 2.46. The molecule has 200 valence electrons. The summed E-state index contributed by atoms with van der Waals surface area (Å²) in [7, 11) is 1.57. The summed E-state index contributed by atoms with van der Waals surface area (Å²) >= 11 is 0. The summed E-state index contributed by atoms with van der Waals surface area (Å²) in [6.07, 6.45) is -0.629. The molecule has 1 atom stereocenters. The van der Waals surface area contributed by atoms with E-state index < -0.39 is 71.7 Å². The number of alkyl halides is 3. The molecule has 0 unspecified atom stereocenters. The normalized spacial score (nSPS) is 20.5. The second kappa shape index (κ2) is 9.74. The van der Waals surface area contributed by atoms with Gasteiger partial charge in [0, 0.05) is 38.6 Å². The molecule has 10 nitrogen and oxygen atoms in total. The van der Waals surface area contributed by atoms with Gasteiger partial charge in [-0.25, -0.2) is 18.0 Å². The van der Waals surface area contributed by atoms with Crippen LogP contribution in [0.1, 0.15) is 65.7 Å². The molecule has 3 amide bonds. The predicted octanol–water partition coefficient (Wildman–Crippen LogP) is 2.78. The van der Waals surface area contributed by atoms with E-state index in [2.05, 4.69) is 21.0 Å². The summed E-state index contributed by atoms with van der Waals surface area (Å²) in [6.45, 7) is 4.79. The summed E-state index contributed by atoms with van der Waals surface area (Å²) in [4.78, 5) is 51.0. The van der Waals surface area contributed by atoms with Gasteiger partial charge in [-0.3, -0.25) is 19.1 Å². The van der Waals surface area contributed by atoms with Gasteiger partial charge in [0.1, 0.15) is 22.9 Å². The molecule has 2 fully saturated rings. The van der Waals surface area contributed by atoms with Gasteiger partial charge in [-0.05, 0) is 33.6 Å². The van der Waals surface area contributed by atoms with Gasteiger partial charge in [-0.1, -0.05) is 12.8 Å². The zero-order valence-electron chi connectivity index (χ0n) is 20.8. The number of carbonyl (C=O) groups excluding carboxylic acids is 4. The van der Waals surface area contributed by atoms with Gasteiger partial charge in [0.25, 0.3) is 11.8 Å². The molecule has 13 heteroatoms. The third kappa shape index (κ3) is 6.76. The van der Waals surface area contributed by atoms with Crippen molar-refractivity contribution < 1.29 is 37.1 Å². The third-order valence-electron chi connectivity index (χ3n) is 6.16. The van der Waals surface area contributed by atoms with Crippen LogP contribution in [0.25, 0.3) is 0 Å². The van der Waals surface area contributed by atoms with E-state index in [1.807, 2.05) is 0 Å². The second-order valence-corrected chi connectivity index (χ2v) is 10.7. The average molecular weight is 516 g/mol. The lowest BCUT2D eigenvalue weighted by atomic mass is 9.70. The number of aromatic nitrogens is 2. The fourth-order valence-electron chi connectivity index (χ4n) is 4.57. The van der Waals surface area contributed by atoms with Crippen molar-refractivity contribution in [2.24, 2.45) is 7.05 Å². The smallest absolute Gasteiger partial charge is 0.408 e. The number of rotatable bonds is 8. The third-order valence-corrected chi connectivity index (χ3v) is 6.16. The van der Waals surface area contributed by atoms with Crippen LogP contribution in [0.4, 0.5) is 23.8 Å². The van der Waals surface area contributed by atoms with E-state index in [-0.39, 0.29) is 18.7 Å². The van der Waals surface area contributed by atoms with Gasteiger partial charge in [0.15, 0.2) is 5.82 Å². The number of aryl methyl sites for hydroxylation is 1. The fourth-order valence-corrected chi connectivity index (χ4v) is 4.57. The molecule has 3 rings (SSSR count). The Hall–Kier alpha value is -3.12. The van der Waals surface area contributed by atoms with E-state index in [4.69, 9.17) is 4.74 Å². The first-order valence-electron chi connectivity index (χ1n) is 11.8. The molecule has 0 aromatic carbocycles. The number of carbonyl (C=O) groups is 4. The molecule has 1 aromatic heterocycles. The lowest BCUT2D eigenvalue weighted by Crippen LogP contribution is -2.70. The van der Waals surface area contributed by atoms with Crippen molar-refractivity contribution in [3.8, 4) is 0 Å². The van der Waals surface area contributed by atoms with Crippen LogP contribution in [0.3, 0.4) is 0 Å². The molecule has 36 heavy (non-hydrogen) atoms. The predicted molar refractivity (Wildman–Crippen MR) is 122 cm³/mol. The van der Waals surface area contributed by atoms with Crippen molar-refractivity contribution in [3.63, 3.8) is 0 Å². The van der Waals surface area contributed by atoms with Crippen LogP contribution in [0.2, 0.25) is 0 Å². The van der Waals surface area contributed by atoms with Crippen molar-refractivity contribution >= 4 is 29.5 Å². The molecular formula is C23H32F3N5O5. The van der Waals surface area contributed by atoms with E-state index >= 15 is 4.39 Å². The summed E-state index contributed by atoms with van der Waals surface area (Å²) < 4.78 is 49.6. The first-order valence-corrected chi connectivity index (χ1v) is 11.8. The maximum atomic E-state index is 15.3. The summed E-state index contributed by atoms with van der Waals surface area (Å²) in [5.41, 5.74) is -4.89. The Labute approximate surface area is 206 Å². The maximum Gasteiger partial charge on any atom is 0.408 e. The van der Waals surface area contributed by atoms with E-state index in [1.54, 1.807) is 27.8 Å². The van der Waals surface area contributed by atoms with Crippen LogP contribution in [-0.2, 0) is 26.2 Å². The van der Waals surface area contributed by atoms with E-state index in [0.29, 0.717) is 12.8 Å². The summed E-state index contributed by atoms with van der Waals surface area (Å²) in [6, 6.07) is -0.116. The molecule has 2 aliphatic rings. The number of hydrogen-bond acceptors (Lipinski definition) is 6. The largest absolute Gasteiger partial charge is 0.444 e. The minimum Gasteiger partial charge on any atom is -0.444 e. The average Bonchev–Trinajstić information content (AvgIpc) is 3.31. The van der Waals surface area contributed by atoms with Gasteiger partial charge in [-0.15, -0.1) is 0 Å². The van der Waals surface area contributed by atoms with Crippen molar-refractivity contribution in [2.75, 3.05) is 5.32 Å². The van der Waals surface area contributed by atoms with E-state index in [0.717, 1.165) is 0 Å². The summed E-state index contributed by atoms with van der Waals surface area (Å²) in [5, 5.41) is 10.6. The molecular weight excluding hydrogens is 483 g/mol. The Morgan fingerprint density at radius 2 is 1.75 bits per heavy atom. The van der Waals surface area contributed by atoms with Crippen LogP contribution < -0.4 is 16.0 Å². The van der Waals surface area contributed by atoms with E-state index in [9.17, 15) is 28.0 Å². The monoisotopic (exact) mass is 515 g/mol. The number of nitrogens with zero attached hydrogens (tertiary/aromatic N) is 2. The molecule has 1 aromatic rings. The number of nitrogens with one attached hydrogen (secondary N) is 3. The number of Topliss-reactive ketones (excluding diaryl/α,β-unsaturated/α-hetero) is 1. The zero-order valence-corrected chi connectivity index (χ0v) is 20.8. The SMILES string of the molecule is Cn1ccc(NC(=O)C(=O)C2(NC(=O)[C@H](CC3(F)CCCC3)NC(=O)OC(C)(C)C)CC(F)(F)C2)n1. The molecule has 0 saturated heterocycles. The highest BCUT2D eigenvalue weighted by Gasteiger charge is 2.63. The number of ether oxygens (including phenoxy) is 1. The molecule has 1 heterocycles. The first kappa shape index (κ1) is 27.5. The molecule has 0 spiro atoms. The Bertz CT molecular complexity index is 1020. The maximum absolute atomic E-state index is 15.3. The van der Waals surface area contributed by atoms with Crippen LogP contribution in [0.5, 0.6) is 0 Å². The molecule has 0 bridgehead atoms. The minimum absolute atomic E-state index is 0.0217. The lowest BCUT2D eigenvalue weighted by molar-refractivity contribution is -0.167. The highest BCUT2D eigenvalue weighted by atomic mass is 19.3. The Balaban J connectivity index is 1.79. The van der Waals surface area contributed by atoms with Gasteiger partial charge in [-0.2, -0.15) is 5.10 Å². The highest BCUT2D eigenvalue weighted by molar-refractivity contribution is 6.44. The number of anilines is 1. The van der Waals surface area contributed by atoms with Gasteiger partial charge < -0.3 is 20.7 Å². The number of alkyl carbamates (subject to hydrolysis) is 1. The quantitative estimate of drug-likeness (QED) is 0.457. The standard InChI is InChI=1S/C23H32F3N5O5/c1-20(2,3)36-19(35)27-14(11-21(24)8-5-6-9-21)17(33)29-22(12-23(25,26)13-22)16(32)18(34)28-15-7-10-31(4)30-15/h7,10,14H,5-6,8-9,11-13H2,1-4H3,(H,27,35)(H,29,33)(H,28,30,34)/t14-/m0/s1. The van der Waals surface area contributed by atoms with Crippen LogP contribution in [0.15, 0.2) is 12.3 Å². The molecule has 0 radical (unpaired) electrons. The molecule has 3 N–H and O–H groups in total. The van der Waals surface area contributed by atoms with Gasteiger partial charge >= 0.3 is 6.09 Å². The minimum atomic E-state index is -3.30. The number of amides is 3. The lowest BCUT2D eigenvalue weighted by Gasteiger charge is -2.46. The van der Waals surface area contributed by atoms with Gasteiger partial charge in [0.05, 0.1) is 0 Å². The number of ketones is 1.